The Morgan fingerprint density at radius 3 is 2.00 bits per heavy atom. The molecule has 0 aliphatic carbocycles. The molecule has 2 aromatic carbocycles. The number of hydrogen-bond acceptors (Lipinski definition) is 1. The maximum atomic E-state index is 3.49. The summed E-state index contributed by atoms with van der Waals surface area (Å²) in [5, 5.41) is 6.19. The first-order chi connectivity index (χ1) is 9.31. The third-order valence-electron chi connectivity index (χ3n) is 3.69. The second-order valence-corrected chi connectivity index (χ2v) is 5.10. The van der Waals surface area contributed by atoms with Gasteiger partial charge in [-0.15, -0.1) is 0 Å². The molecular weight excluding hydrogens is 232 g/mol. The molecule has 1 aromatic heterocycles. The largest absolute Gasteiger partial charge is 0.339 e. The van der Waals surface area contributed by atoms with Crippen molar-refractivity contribution in [2.24, 2.45) is 0 Å². The minimum atomic E-state index is 0.476. The summed E-state index contributed by atoms with van der Waals surface area (Å²) in [5.41, 5.74) is 2.65. The summed E-state index contributed by atoms with van der Waals surface area (Å²) in [7, 11) is 0. The van der Waals surface area contributed by atoms with Crippen molar-refractivity contribution in [2.45, 2.75) is 26.4 Å². The summed E-state index contributed by atoms with van der Waals surface area (Å²) >= 11 is 0. The topological polar surface area (TPSA) is 17.0 Å². The van der Waals surface area contributed by atoms with Crippen molar-refractivity contribution in [3.63, 3.8) is 0 Å². The SMILES string of the molecule is CCNC(C)Cn1c2ccccc2c2ccccc21. The van der Waals surface area contributed by atoms with Crippen LogP contribution in [0.15, 0.2) is 48.5 Å². The molecule has 0 fully saturated rings. The van der Waals surface area contributed by atoms with E-state index in [0.29, 0.717) is 6.04 Å². The van der Waals surface area contributed by atoms with Gasteiger partial charge in [0.15, 0.2) is 0 Å². The number of rotatable bonds is 4. The van der Waals surface area contributed by atoms with Gasteiger partial charge in [-0.05, 0) is 25.6 Å². The highest BCUT2D eigenvalue weighted by Crippen LogP contribution is 2.28. The van der Waals surface area contributed by atoms with Crippen LogP contribution in [0.5, 0.6) is 0 Å². The van der Waals surface area contributed by atoms with Crippen LogP contribution in [0.2, 0.25) is 0 Å². The second kappa shape index (κ2) is 5.06. The predicted octanol–water partition coefficient (Wildman–Crippen LogP) is 3.79. The van der Waals surface area contributed by atoms with E-state index in [-0.39, 0.29) is 0 Å². The van der Waals surface area contributed by atoms with Crippen LogP contribution in [0.25, 0.3) is 21.8 Å². The Morgan fingerprint density at radius 1 is 0.947 bits per heavy atom. The third-order valence-corrected chi connectivity index (χ3v) is 3.69. The van der Waals surface area contributed by atoms with Crippen LogP contribution in [-0.4, -0.2) is 17.2 Å². The van der Waals surface area contributed by atoms with Gasteiger partial charge < -0.3 is 9.88 Å². The quantitative estimate of drug-likeness (QED) is 0.747. The Morgan fingerprint density at radius 2 is 1.47 bits per heavy atom. The van der Waals surface area contributed by atoms with Gasteiger partial charge in [0.05, 0.1) is 0 Å². The molecule has 3 aromatic rings. The molecule has 0 radical (unpaired) electrons. The normalized spacial score (nSPS) is 13.2. The number of hydrogen-bond donors (Lipinski definition) is 1. The molecule has 1 N–H and O–H groups in total. The predicted molar refractivity (Wildman–Crippen MR) is 82.6 cm³/mol. The molecule has 98 valence electrons. The Bertz CT molecular complexity index is 643. The number of fused-ring (bicyclic) bond motifs is 3. The van der Waals surface area contributed by atoms with Crippen molar-refractivity contribution < 1.29 is 0 Å². The molecule has 2 heteroatoms. The number of nitrogens with zero attached hydrogens (tertiary/aromatic N) is 1. The lowest BCUT2D eigenvalue weighted by Gasteiger charge is -2.15. The lowest BCUT2D eigenvalue weighted by atomic mass is 10.2. The van der Waals surface area contributed by atoms with Gasteiger partial charge in [0.1, 0.15) is 0 Å². The van der Waals surface area contributed by atoms with E-state index in [1.807, 2.05) is 0 Å². The number of nitrogens with one attached hydrogen (secondary N) is 1. The zero-order chi connectivity index (χ0) is 13.2. The maximum Gasteiger partial charge on any atom is 0.0491 e. The molecule has 2 nitrogen and oxygen atoms in total. The van der Waals surface area contributed by atoms with E-state index in [1.54, 1.807) is 0 Å². The van der Waals surface area contributed by atoms with Gasteiger partial charge in [-0.1, -0.05) is 43.3 Å². The summed E-state index contributed by atoms with van der Waals surface area (Å²) in [6, 6.07) is 17.8. The molecule has 0 aliphatic heterocycles. The van der Waals surface area contributed by atoms with E-state index in [2.05, 4.69) is 72.3 Å². The lowest BCUT2D eigenvalue weighted by Crippen LogP contribution is -2.29. The van der Waals surface area contributed by atoms with Crippen LogP contribution in [-0.2, 0) is 6.54 Å². The monoisotopic (exact) mass is 252 g/mol. The van der Waals surface area contributed by atoms with Gasteiger partial charge in [-0.25, -0.2) is 0 Å². The third kappa shape index (κ3) is 2.13. The molecule has 1 atom stereocenters. The van der Waals surface area contributed by atoms with E-state index in [4.69, 9.17) is 0 Å². The van der Waals surface area contributed by atoms with Gasteiger partial charge in [-0.2, -0.15) is 0 Å². The first-order valence-electron chi connectivity index (χ1n) is 7.00. The molecule has 0 spiro atoms. The van der Waals surface area contributed by atoms with Crippen molar-refractivity contribution in [2.75, 3.05) is 6.54 Å². The van der Waals surface area contributed by atoms with E-state index < -0.39 is 0 Å². The number of benzene rings is 2. The van der Waals surface area contributed by atoms with Crippen LogP contribution in [0, 0.1) is 0 Å². The first kappa shape index (κ1) is 12.2. The molecule has 0 saturated carbocycles. The van der Waals surface area contributed by atoms with Crippen molar-refractivity contribution in [3.8, 4) is 0 Å². The Labute approximate surface area is 114 Å². The summed E-state index contributed by atoms with van der Waals surface area (Å²) < 4.78 is 2.43. The van der Waals surface area contributed by atoms with Gasteiger partial charge >= 0.3 is 0 Å². The van der Waals surface area contributed by atoms with Gasteiger partial charge in [-0.3, -0.25) is 0 Å². The first-order valence-corrected chi connectivity index (χ1v) is 7.00. The van der Waals surface area contributed by atoms with E-state index in [0.717, 1.165) is 13.1 Å². The zero-order valence-corrected chi connectivity index (χ0v) is 11.6. The summed E-state index contributed by atoms with van der Waals surface area (Å²) in [4.78, 5) is 0. The maximum absolute atomic E-state index is 3.49. The summed E-state index contributed by atoms with van der Waals surface area (Å²) in [5.74, 6) is 0. The lowest BCUT2D eigenvalue weighted by molar-refractivity contribution is 0.504. The average Bonchev–Trinajstić information content (AvgIpc) is 2.75. The van der Waals surface area contributed by atoms with Gasteiger partial charge in [0, 0.05) is 34.4 Å². The molecule has 1 unspecified atom stereocenters. The van der Waals surface area contributed by atoms with Crippen LogP contribution in [0.1, 0.15) is 13.8 Å². The van der Waals surface area contributed by atoms with Crippen molar-refractivity contribution >= 4 is 21.8 Å². The number of likely N-dealkylation sites (N-methyl/N-ethyl adjacent to an activating group) is 1. The smallest absolute Gasteiger partial charge is 0.0491 e. The van der Waals surface area contributed by atoms with Crippen LogP contribution in [0.3, 0.4) is 0 Å². The molecule has 19 heavy (non-hydrogen) atoms. The van der Waals surface area contributed by atoms with Gasteiger partial charge in [0.25, 0.3) is 0 Å². The van der Waals surface area contributed by atoms with Gasteiger partial charge in [0.2, 0.25) is 0 Å². The number of aromatic nitrogens is 1. The Kier molecular flexibility index (Phi) is 3.26. The summed E-state index contributed by atoms with van der Waals surface area (Å²) in [6.07, 6.45) is 0. The highest BCUT2D eigenvalue weighted by Gasteiger charge is 2.11. The van der Waals surface area contributed by atoms with E-state index in [9.17, 15) is 0 Å². The molecule has 0 bridgehead atoms. The van der Waals surface area contributed by atoms with Crippen LogP contribution >= 0.6 is 0 Å². The standard InChI is InChI=1S/C17H20N2/c1-3-18-13(2)12-19-16-10-6-4-8-14(16)15-9-5-7-11-17(15)19/h4-11,13,18H,3,12H2,1-2H3. The van der Waals surface area contributed by atoms with Crippen LogP contribution in [0.4, 0.5) is 0 Å². The highest BCUT2D eigenvalue weighted by molar-refractivity contribution is 6.07. The molecule has 1 heterocycles. The van der Waals surface area contributed by atoms with E-state index in [1.165, 1.54) is 21.8 Å². The Hall–Kier alpha value is -1.80. The van der Waals surface area contributed by atoms with Crippen LogP contribution < -0.4 is 5.32 Å². The van der Waals surface area contributed by atoms with Crippen molar-refractivity contribution in [1.29, 1.82) is 0 Å². The minimum Gasteiger partial charge on any atom is -0.339 e. The fourth-order valence-corrected chi connectivity index (χ4v) is 2.89. The average molecular weight is 252 g/mol. The molecule has 3 rings (SSSR count). The fraction of sp³-hybridized carbons (Fsp3) is 0.294. The number of para-hydroxylation sites is 2. The fourth-order valence-electron chi connectivity index (χ4n) is 2.89. The van der Waals surface area contributed by atoms with Crippen molar-refractivity contribution in [3.05, 3.63) is 48.5 Å². The van der Waals surface area contributed by atoms with Crippen molar-refractivity contribution in [1.82, 2.24) is 9.88 Å². The molecule has 0 aliphatic rings. The molecule has 0 saturated heterocycles. The zero-order valence-electron chi connectivity index (χ0n) is 11.6. The Balaban J connectivity index is 2.19. The molecule has 0 amide bonds. The van der Waals surface area contributed by atoms with E-state index >= 15 is 0 Å². The second-order valence-electron chi connectivity index (χ2n) is 5.10. The highest BCUT2D eigenvalue weighted by atomic mass is 15.0. The minimum absolute atomic E-state index is 0.476. The summed E-state index contributed by atoms with van der Waals surface area (Å²) in [6.45, 7) is 6.41. The molecular formula is C17H20N2.